The molecule has 1 aromatic carbocycles. The van der Waals surface area contributed by atoms with Crippen LogP contribution in [-0.2, 0) is 13.0 Å². The molecule has 8 heteroatoms. The highest BCUT2D eigenvalue weighted by molar-refractivity contribution is 5.80. The fourth-order valence-electron chi connectivity index (χ4n) is 3.12. The Morgan fingerprint density at radius 1 is 1.36 bits per heavy atom. The van der Waals surface area contributed by atoms with E-state index in [0.29, 0.717) is 18.4 Å². The van der Waals surface area contributed by atoms with Crippen molar-refractivity contribution in [2.45, 2.75) is 58.2 Å². The molecule has 7 nitrogen and oxygen atoms in total. The van der Waals surface area contributed by atoms with Crippen LogP contribution in [0.5, 0.6) is 5.75 Å². The van der Waals surface area contributed by atoms with E-state index in [1.54, 1.807) is 25.2 Å². The summed E-state index contributed by atoms with van der Waals surface area (Å²) >= 11 is 0. The molecule has 28 heavy (non-hydrogen) atoms. The number of rotatable bonds is 6. The van der Waals surface area contributed by atoms with Crippen molar-refractivity contribution < 1.29 is 9.13 Å². The molecule has 0 radical (unpaired) electrons. The van der Waals surface area contributed by atoms with Crippen molar-refractivity contribution in [2.24, 2.45) is 4.99 Å². The molecule has 2 atom stereocenters. The van der Waals surface area contributed by atoms with Gasteiger partial charge < -0.3 is 15.4 Å². The molecule has 0 aliphatic carbocycles. The molecule has 0 fully saturated rings. The van der Waals surface area contributed by atoms with Crippen LogP contribution < -0.4 is 15.4 Å². The average Bonchev–Trinajstić information content (AvgIpc) is 3.10. The number of benzene rings is 1. The summed E-state index contributed by atoms with van der Waals surface area (Å²) in [5.41, 5.74) is 0. The number of aryl methyl sites for hydroxylation is 1. The number of hydrogen-bond donors (Lipinski definition) is 2. The van der Waals surface area contributed by atoms with Crippen molar-refractivity contribution >= 4 is 5.96 Å². The Morgan fingerprint density at radius 3 is 2.86 bits per heavy atom. The minimum absolute atomic E-state index is 0.211. The Balaban J connectivity index is 1.50. The second-order valence-corrected chi connectivity index (χ2v) is 7.41. The molecule has 1 aromatic heterocycles. The third-order valence-corrected chi connectivity index (χ3v) is 4.68. The van der Waals surface area contributed by atoms with Crippen LogP contribution in [0.3, 0.4) is 0 Å². The van der Waals surface area contributed by atoms with Crippen LogP contribution in [0.25, 0.3) is 0 Å². The summed E-state index contributed by atoms with van der Waals surface area (Å²) in [6.07, 6.45) is 1.65. The van der Waals surface area contributed by atoms with Gasteiger partial charge in [0.25, 0.3) is 0 Å². The maximum atomic E-state index is 13.7. The molecule has 152 valence electrons. The second-order valence-electron chi connectivity index (χ2n) is 7.41. The Labute approximate surface area is 165 Å². The summed E-state index contributed by atoms with van der Waals surface area (Å²) in [5, 5.41) is 11.3. The third kappa shape index (κ3) is 4.99. The van der Waals surface area contributed by atoms with Crippen molar-refractivity contribution in [1.82, 2.24) is 25.4 Å². The van der Waals surface area contributed by atoms with Gasteiger partial charge in [0, 0.05) is 25.4 Å². The minimum atomic E-state index is -0.358. The molecular weight excluding hydrogens is 359 g/mol. The lowest BCUT2D eigenvalue weighted by atomic mass is 10.1. The molecule has 2 N–H and O–H groups in total. The fourth-order valence-corrected chi connectivity index (χ4v) is 3.12. The van der Waals surface area contributed by atoms with Gasteiger partial charge in [-0.3, -0.25) is 4.99 Å². The van der Waals surface area contributed by atoms with Crippen LogP contribution in [0.1, 0.15) is 44.8 Å². The number of guanidine groups is 1. The zero-order valence-corrected chi connectivity index (χ0v) is 16.9. The molecule has 1 aliphatic heterocycles. The van der Waals surface area contributed by atoms with Gasteiger partial charge in [0.2, 0.25) is 0 Å². The van der Waals surface area contributed by atoms with Gasteiger partial charge >= 0.3 is 0 Å². The Bertz CT molecular complexity index is 819. The maximum absolute atomic E-state index is 13.7. The van der Waals surface area contributed by atoms with E-state index in [4.69, 9.17) is 4.74 Å². The molecule has 2 aromatic rings. The minimum Gasteiger partial charge on any atom is -0.486 e. The highest BCUT2D eigenvalue weighted by Gasteiger charge is 2.23. The Morgan fingerprint density at radius 2 is 2.14 bits per heavy atom. The number of ether oxygens (including phenoxy) is 1. The lowest BCUT2D eigenvalue weighted by Crippen LogP contribution is -2.48. The van der Waals surface area contributed by atoms with Gasteiger partial charge in [-0.15, -0.1) is 0 Å². The van der Waals surface area contributed by atoms with Gasteiger partial charge in [0.05, 0.1) is 13.1 Å². The predicted molar refractivity (Wildman–Crippen MR) is 107 cm³/mol. The molecule has 0 amide bonds. The largest absolute Gasteiger partial charge is 0.486 e. The van der Waals surface area contributed by atoms with Gasteiger partial charge in [0.1, 0.15) is 11.9 Å². The summed E-state index contributed by atoms with van der Waals surface area (Å²) in [7, 11) is 1.73. The number of aromatic nitrogens is 3. The van der Waals surface area contributed by atoms with Gasteiger partial charge in [-0.2, -0.15) is 5.10 Å². The summed E-state index contributed by atoms with van der Waals surface area (Å²) < 4.78 is 21.4. The SMILES string of the molecule is CN=C(NCC(C)Oc1ccccc1F)NC1CCc2nc(C(C)C)nn2C1. The zero-order valence-electron chi connectivity index (χ0n) is 16.9. The van der Waals surface area contributed by atoms with Crippen LogP contribution in [0.2, 0.25) is 0 Å². The summed E-state index contributed by atoms with van der Waals surface area (Å²) in [6.45, 7) is 7.37. The quantitative estimate of drug-likeness (QED) is 0.587. The van der Waals surface area contributed by atoms with E-state index in [1.807, 2.05) is 11.6 Å². The van der Waals surface area contributed by atoms with Crippen molar-refractivity contribution in [3.63, 3.8) is 0 Å². The molecule has 1 aliphatic rings. The van der Waals surface area contributed by atoms with E-state index in [0.717, 1.165) is 31.0 Å². The lowest BCUT2D eigenvalue weighted by Gasteiger charge is -2.26. The number of halogens is 1. The average molecular weight is 388 g/mol. The first kappa shape index (κ1) is 20.1. The number of nitrogens with one attached hydrogen (secondary N) is 2. The fraction of sp³-hybridized carbons (Fsp3) is 0.550. The predicted octanol–water partition coefficient (Wildman–Crippen LogP) is 2.49. The lowest BCUT2D eigenvalue weighted by molar-refractivity contribution is 0.213. The molecule has 0 spiro atoms. The van der Waals surface area contributed by atoms with Crippen LogP contribution >= 0.6 is 0 Å². The van der Waals surface area contributed by atoms with Crippen LogP contribution in [0, 0.1) is 5.82 Å². The highest BCUT2D eigenvalue weighted by Crippen LogP contribution is 2.18. The topological polar surface area (TPSA) is 76.4 Å². The molecule has 0 saturated heterocycles. The first-order chi connectivity index (χ1) is 13.5. The summed E-state index contributed by atoms with van der Waals surface area (Å²) in [4.78, 5) is 8.91. The molecule has 0 saturated carbocycles. The molecular formula is C20H29FN6O. The van der Waals surface area contributed by atoms with Crippen molar-refractivity contribution in [1.29, 1.82) is 0 Å². The van der Waals surface area contributed by atoms with Crippen molar-refractivity contribution in [3.8, 4) is 5.75 Å². The Hall–Kier alpha value is -2.64. The summed E-state index contributed by atoms with van der Waals surface area (Å²) in [5.74, 6) is 2.88. The smallest absolute Gasteiger partial charge is 0.191 e. The summed E-state index contributed by atoms with van der Waals surface area (Å²) in [6, 6.07) is 6.64. The number of nitrogens with zero attached hydrogens (tertiary/aromatic N) is 4. The van der Waals surface area contributed by atoms with Gasteiger partial charge in [0.15, 0.2) is 23.4 Å². The van der Waals surface area contributed by atoms with E-state index >= 15 is 0 Å². The maximum Gasteiger partial charge on any atom is 0.191 e. The number of hydrogen-bond acceptors (Lipinski definition) is 4. The first-order valence-electron chi connectivity index (χ1n) is 9.78. The second kappa shape index (κ2) is 9.03. The first-order valence-corrected chi connectivity index (χ1v) is 9.78. The number of aliphatic imine (C=N–C) groups is 1. The third-order valence-electron chi connectivity index (χ3n) is 4.68. The van der Waals surface area contributed by atoms with Gasteiger partial charge in [-0.25, -0.2) is 14.1 Å². The zero-order chi connectivity index (χ0) is 20.1. The van der Waals surface area contributed by atoms with Crippen LogP contribution in [0.15, 0.2) is 29.3 Å². The standard InChI is InChI=1S/C20H29FN6O/c1-13(2)19-25-18-10-9-15(12-27(18)26-19)24-20(22-4)23-11-14(3)28-17-8-6-5-7-16(17)21/h5-8,13-15H,9-12H2,1-4H3,(H2,22,23,24). The van der Waals surface area contributed by atoms with Crippen LogP contribution in [-0.4, -0.2) is 46.5 Å². The molecule has 3 rings (SSSR count). The number of fused-ring (bicyclic) bond motifs is 1. The van der Waals surface area contributed by atoms with Gasteiger partial charge in [-0.05, 0) is 25.5 Å². The van der Waals surface area contributed by atoms with E-state index < -0.39 is 0 Å². The van der Waals surface area contributed by atoms with E-state index in [-0.39, 0.29) is 23.7 Å². The van der Waals surface area contributed by atoms with Gasteiger partial charge in [-0.1, -0.05) is 26.0 Å². The highest BCUT2D eigenvalue weighted by atomic mass is 19.1. The monoisotopic (exact) mass is 388 g/mol. The van der Waals surface area contributed by atoms with E-state index in [1.165, 1.54) is 6.07 Å². The van der Waals surface area contributed by atoms with Crippen molar-refractivity contribution in [3.05, 3.63) is 41.7 Å². The Kier molecular flexibility index (Phi) is 6.49. The van der Waals surface area contributed by atoms with Crippen molar-refractivity contribution in [2.75, 3.05) is 13.6 Å². The number of para-hydroxylation sites is 1. The molecule has 2 unspecified atom stereocenters. The molecule has 2 heterocycles. The normalized spacial score (nSPS) is 17.9. The van der Waals surface area contributed by atoms with E-state index in [2.05, 4.69) is 39.6 Å². The van der Waals surface area contributed by atoms with E-state index in [9.17, 15) is 4.39 Å². The molecule has 0 bridgehead atoms. The van der Waals surface area contributed by atoms with Crippen LogP contribution in [0.4, 0.5) is 4.39 Å².